The fourth-order valence-corrected chi connectivity index (χ4v) is 1.28. The summed E-state index contributed by atoms with van der Waals surface area (Å²) in [5.74, 6) is -0.578. The van der Waals surface area contributed by atoms with Gasteiger partial charge in [-0.2, -0.15) is 10.5 Å². The molecule has 5 heteroatoms. The zero-order valence-electron chi connectivity index (χ0n) is 11.1. The predicted molar refractivity (Wildman–Crippen MR) is 75.4 cm³/mol. The Morgan fingerprint density at radius 2 is 1.48 bits per heavy atom. The van der Waals surface area contributed by atoms with Gasteiger partial charge in [-0.15, -0.1) is 0 Å². The molecule has 0 saturated heterocycles. The standard InChI is InChI=1S/C9H7NO3.C7H5N/c10-5-7-1-3-8(4-2-7)13-6-9(11)12;8-6-7-4-2-1-3-5-7/h1-4H,6H2,(H,11,12);1-5H. The zero-order chi connectivity index (χ0) is 15.5. The predicted octanol–water partition coefficient (Wildman–Crippen LogP) is 2.58. The number of rotatable bonds is 3. The van der Waals surface area contributed by atoms with Crippen LogP contribution in [0.5, 0.6) is 5.75 Å². The van der Waals surface area contributed by atoms with E-state index >= 15 is 0 Å². The Labute approximate surface area is 122 Å². The van der Waals surface area contributed by atoms with Crippen molar-refractivity contribution >= 4 is 5.97 Å². The van der Waals surface area contributed by atoms with E-state index in [1.54, 1.807) is 36.4 Å². The molecule has 1 N–H and O–H groups in total. The molecule has 0 aliphatic heterocycles. The van der Waals surface area contributed by atoms with Gasteiger partial charge in [0.25, 0.3) is 0 Å². The zero-order valence-corrected chi connectivity index (χ0v) is 11.1. The van der Waals surface area contributed by atoms with Gasteiger partial charge in [0, 0.05) is 0 Å². The van der Waals surface area contributed by atoms with E-state index < -0.39 is 5.97 Å². The van der Waals surface area contributed by atoms with Crippen LogP contribution in [0.1, 0.15) is 11.1 Å². The summed E-state index contributed by atoms with van der Waals surface area (Å²) in [6.45, 7) is -0.369. The summed E-state index contributed by atoms with van der Waals surface area (Å²) in [5, 5.41) is 25.0. The molecule has 2 aromatic carbocycles. The van der Waals surface area contributed by atoms with Crippen LogP contribution in [-0.4, -0.2) is 17.7 Å². The molecule has 0 fully saturated rings. The molecule has 2 aromatic rings. The lowest BCUT2D eigenvalue weighted by Crippen LogP contribution is -2.09. The van der Waals surface area contributed by atoms with Crippen LogP contribution in [0.2, 0.25) is 0 Å². The molecule has 0 heterocycles. The SMILES string of the molecule is N#Cc1ccc(OCC(=O)O)cc1.N#Cc1ccccc1. The van der Waals surface area contributed by atoms with Crippen molar-refractivity contribution in [2.45, 2.75) is 0 Å². The van der Waals surface area contributed by atoms with Gasteiger partial charge in [-0.3, -0.25) is 0 Å². The minimum atomic E-state index is -1.02. The molecule has 0 unspecified atom stereocenters. The maximum atomic E-state index is 10.1. The summed E-state index contributed by atoms with van der Waals surface area (Å²) in [7, 11) is 0. The second-order valence-electron chi connectivity index (χ2n) is 3.80. The van der Waals surface area contributed by atoms with Crippen molar-refractivity contribution in [1.29, 1.82) is 10.5 Å². The Morgan fingerprint density at radius 1 is 0.952 bits per heavy atom. The van der Waals surface area contributed by atoms with E-state index in [2.05, 4.69) is 0 Å². The van der Waals surface area contributed by atoms with Gasteiger partial charge in [-0.05, 0) is 36.4 Å². The molecule has 0 amide bonds. The molecule has 5 nitrogen and oxygen atoms in total. The summed E-state index contributed by atoms with van der Waals surface area (Å²) in [6, 6.07) is 19.4. The van der Waals surface area contributed by atoms with Gasteiger partial charge >= 0.3 is 5.97 Å². The van der Waals surface area contributed by atoms with E-state index in [9.17, 15) is 4.79 Å². The van der Waals surface area contributed by atoms with Crippen molar-refractivity contribution in [2.24, 2.45) is 0 Å². The summed E-state index contributed by atoms with van der Waals surface area (Å²) in [5.41, 5.74) is 1.23. The first kappa shape index (κ1) is 15.7. The van der Waals surface area contributed by atoms with E-state index in [0.717, 1.165) is 0 Å². The van der Waals surface area contributed by atoms with E-state index in [4.69, 9.17) is 20.4 Å². The minimum Gasteiger partial charge on any atom is -0.482 e. The quantitative estimate of drug-likeness (QED) is 0.932. The number of carboxylic acid groups (broad SMARTS) is 1. The minimum absolute atomic E-state index is 0.369. The number of aliphatic carboxylic acids is 1. The van der Waals surface area contributed by atoms with Crippen molar-refractivity contribution in [2.75, 3.05) is 6.61 Å². The Kier molecular flexibility index (Phi) is 6.55. The van der Waals surface area contributed by atoms with Crippen LogP contribution in [0.4, 0.5) is 0 Å². The molecule has 0 spiro atoms. The fraction of sp³-hybridized carbons (Fsp3) is 0.0625. The average molecular weight is 280 g/mol. The second kappa shape index (κ2) is 8.73. The number of benzene rings is 2. The van der Waals surface area contributed by atoms with Crippen molar-refractivity contribution < 1.29 is 14.6 Å². The lowest BCUT2D eigenvalue weighted by atomic mass is 10.2. The molecule has 0 atom stereocenters. The van der Waals surface area contributed by atoms with Gasteiger partial charge < -0.3 is 9.84 Å². The van der Waals surface area contributed by atoms with Crippen LogP contribution < -0.4 is 4.74 Å². The molecule has 0 aromatic heterocycles. The highest BCUT2D eigenvalue weighted by molar-refractivity contribution is 5.68. The molecule has 21 heavy (non-hydrogen) atoms. The Hall–Kier alpha value is -3.31. The average Bonchev–Trinajstić information content (AvgIpc) is 2.54. The van der Waals surface area contributed by atoms with Crippen LogP contribution >= 0.6 is 0 Å². The van der Waals surface area contributed by atoms with Crippen molar-refractivity contribution in [1.82, 2.24) is 0 Å². The lowest BCUT2D eigenvalue weighted by molar-refractivity contribution is -0.139. The summed E-state index contributed by atoms with van der Waals surface area (Å²) >= 11 is 0. The highest BCUT2D eigenvalue weighted by Crippen LogP contribution is 2.10. The van der Waals surface area contributed by atoms with Crippen LogP contribution in [0, 0.1) is 22.7 Å². The number of hydrogen-bond donors (Lipinski definition) is 1. The largest absolute Gasteiger partial charge is 0.482 e. The third-order valence-electron chi connectivity index (χ3n) is 2.25. The van der Waals surface area contributed by atoms with Gasteiger partial charge in [0.1, 0.15) is 5.75 Å². The number of nitriles is 2. The maximum absolute atomic E-state index is 10.1. The van der Waals surface area contributed by atoms with Gasteiger partial charge in [0.2, 0.25) is 0 Å². The monoisotopic (exact) mass is 280 g/mol. The third-order valence-corrected chi connectivity index (χ3v) is 2.25. The molecule has 0 saturated carbocycles. The van der Waals surface area contributed by atoms with Crippen LogP contribution in [0.15, 0.2) is 54.6 Å². The molecule has 0 radical (unpaired) electrons. The highest BCUT2D eigenvalue weighted by atomic mass is 16.5. The molecule has 0 aliphatic rings. The van der Waals surface area contributed by atoms with Crippen molar-refractivity contribution in [3.63, 3.8) is 0 Å². The maximum Gasteiger partial charge on any atom is 0.341 e. The van der Waals surface area contributed by atoms with E-state index in [1.165, 1.54) is 0 Å². The molecule has 104 valence electrons. The number of nitrogens with zero attached hydrogens (tertiary/aromatic N) is 2. The number of ether oxygens (including phenoxy) is 1. The topological polar surface area (TPSA) is 94.1 Å². The van der Waals surface area contributed by atoms with Crippen molar-refractivity contribution in [3.8, 4) is 17.9 Å². The first-order valence-electron chi connectivity index (χ1n) is 5.95. The summed E-state index contributed by atoms with van der Waals surface area (Å²) < 4.78 is 4.86. The van der Waals surface area contributed by atoms with Crippen molar-refractivity contribution in [3.05, 3.63) is 65.7 Å². The van der Waals surface area contributed by atoms with Gasteiger partial charge in [-0.25, -0.2) is 4.79 Å². The number of carbonyl (C=O) groups is 1. The first-order valence-corrected chi connectivity index (χ1v) is 5.95. The summed E-state index contributed by atoms with van der Waals surface area (Å²) in [6.07, 6.45) is 0. The second-order valence-corrected chi connectivity index (χ2v) is 3.80. The molecule has 2 rings (SSSR count). The van der Waals surface area contributed by atoms with E-state index in [-0.39, 0.29) is 6.61 Å². The number of hydrogen-bond acceptors (Lipinski definition) is 4. The van der Waals surface area contributed by atoms with Gasteiger partial charge in [-0.1, -0.05) is 18.2 Å². The Morgan fingerprint density at radius 3 is 1.90 bits per heavy atom. The van der Waals surface area contributed by atoms with E-state index in [0.29, 0.717) is 16.9 Å². The number of carboxylic acids is 1. The molecular formula is C16H12N2O3. The Bertz CT molecular complexity index is 653. The fourth-order valence-electron chi connectivity index (χ4n) is 1.28. The molecule has 0 aliphatic carbocycles. The van der Waals surface area contributed by atoms with Crippen LogP contribution in [0.25, 0.3) is 0 Å². The lowest BCUT2D eigenvalue weighted by Gasteiger charge is -2.01. The molecule has 0 bridgehead atoms. The Balaban J connectivity index is 0.000000235. The van der Waals surface area contributed by atoms with Crippen LogP contribution in [-0.2, 0) is 4.79 Å². The normalized spacial score (nSPS) is 8.48. The smallest absolute Gasteiger partial charge is 0.341 e. The van der Waals surface area contributed by atoms with Crippen LogP contribution in [0.3, 0.4) is 0 Å². The molecular weight excluding hydrogens is 268 g/mol. The summed E-state index contributed by atoms with van der Waals surface area (Å²) in [4.78, 5) is 10.1. The first-order chi connectivity index (χ1) is 10.2. The highest BCUT2D eigenvalue weighted by Gasteiger charge is 1.98. The van der Waals surface area contributed by atoms with Gasteiger partial charge in [0.05, 0.1) is 23.3 Å². The van der Waals surface area contributed by atoms with E-state index in [1.807, 2.05) is 30.3 Å². The van der Waals surface area contributed by atoms with Gasteiger partial charge in [0.15, 0.2) is 6.61 Å². The third kappa shape index (κ3) is 6.42.